The second kappa shape index (κ2) is 2.96. The van der Waals surface area contributed by atoms with E-state index in [1.54, 1.807) is 0 Å². The summed E-state index contributed by atoms with van der Waals surface area (Å²) in [6.45, 7) is 13.4. The van der Waals surface area contributed by atoms with Crippen molar-refractivity contribution in [1.29, 1.82) is 0 Å². The highest BCUT2D eigenvalue weighted by Crippen LogP contribution is 2.50. The van der Waals surface area contributed by atoms with Gasteiger partial charge in [0.25, 0.3) is 0 Å². The number of rotatable bonds is 1. The van der Waals surface area contributed by atoms with E-state index in [2.05, 4.69) is 44.5 Å². The summed E-state index contributed by atoms with van der Waals surface area (Å²) in [6, 6.07) is 0.697. The highest BCUT2D eigenvalue weighted by atomic mass is 15.3. The third-order valence-corrected chi connectivity index (χ3v) is 4.94. The van der Waals surface area contributed by atoms with E-state index in [1.165, 1.54) is 26.1 Å². The van der Waals surface area contributed by atoms with Crippen LogP contribution >= 0.6 is 0 Å². The van der Waals surface area contributed by atoms with E-state index >= 15 is 0 Å². The summed E-state index contributed by atoms with van der Waals surface area (Å²) in [4.78, 5) is 5.20. The van der Waals surface area contributed by atoms with Crippen molar-refractivity contribution in [2.24, 2.45) is 5.41 Å². The molecule has 0 saturated carbocycles. The van der Waals surface area contributed by atoms with E-state index in [0.717, 1.165) is 0 Å². The zero-order valence-electron chi connectivity index (χ0n) is 10.3. The van der Waals surface area contributed by atoms with Crippen LogP contribution in [0, 0.1) is 5.41 Å². The molecule has 2 saturated heterocycles. The first-order chi connectivity index (χ1) is 6.39. The molecule has 2 fully saturated rings. The molecule has 0 aliphatic carbocycles. The summed E-state index contributed by atoms with van der Waals surface area (Å²) in [5.41, 5.74) is 0.934. The Morgan fingerprint density at radius 2 is 1.79 bits per heavy atom. The van der Waals surface area contributed by atoms with Gasteiger partial charge in [0.2, 0.25) is 0 Å². The van der Waals surface area contributed by atoms with Crippen molar-refractivity contribution in [2.45, 2.75) is 45.7 Å². The van der Waals surface area contributed by atoms with Gasteiger partial charge in [-0.25, -0.2) is 0 Å². The van der Waals surface area contributed by atoms with Crippen LogP contribution in [0.5, 0.6) is 0 Å². The van der Waals surface area contributed by atoms with Crippen LogP contribution in [0.1, 0.15) is 34.1 Å². The first-order valence-electron chi connectivity index (χ1n) is 5.84. The van der Waals surface area contributed by atoms with Crippen LogP contribution in [-0.2, 0) is 0 Å². The van der Waals surface area contributed by atoms with Crippen LogP contribution in [0.2, 0.25) is 0 Å². The summed E-state index contributed by atoms with van der Waals surface area (Å²) in [7, 11) is 2.29. The lowest BCUT2D eigenvalue weighted by molar-refractivity contribution is 0.130. The lowest BCUT2D eigenvalue weighted by atomic mass is 9.75. The average Bonchev–Trinajstić information content (AvgIpc) is 2.47. The molecule has 2 atom stereocenters. The topological polar surface area (TPSA) is 6.48 Å². The normalized spacial score (nSPS) is 45.0. The molecule has 2 heteroatoms. The van der Waals surface area contributed by atoms with Gasteiger partial charge in [0.05, 0.1) is 0 Å². The van der Waals surface area contributed by atoms with E-state index in [-0.39, 0.29) is 0 Å². The smallest absolute Gasteiger partial charge is 0.0371 e. The van der Waals surface area contributed by atoms with E-state index < -0.39 is 0 Å². The molecule has 0 bridgehead atoms. The fourth-order valence-electron chi connectivity index (χ4n) is 3.22. The summed E-state index contributed by atoms with van der Waals surface area (Å²) >= 11 is 0. The van der Waals surface area contributed by atoms with E-state index in [1.807, 2.05) is 0 Å². The zero-order chi connectivity index (χ0) is 10.6. The number of nitrogens with zero attached hydrogens (tertiary/aromatic N) is 2. The van der Waals surface area contributed by atoms with Crippen molar-refractivity contribution in [3.05, 3.63) is 0 Å². The maximum Gasteiger partial charge on any atom is 0.0371 e. The second-order valence-electron chi connectivity index (χ2n) is 6.00. The number of fused-ring (bicyclic) bond motifs is 1. The monoisotopic (exact) mass is 196 g/mol. The van der Waals surface area contributed by atoms with E-state index in [4.69, 9.17) is 0 Å². The molecule has 0 spiro atoms. The highest BCUT2D eigenvalue weighted by Gasteiger charge is 2.57. The number of hydrogen-bond donors (Lipinski definition) is 0. The molecule has 0 N–H and O–H groups in total. The maximum atomic E-state index is 2.63. The summed E-state index contributed by atoms with van der Waals surface area (Å²) in [5, 5.41) is 0. The lowest BCUT2D eigenvalue weighted by Crippen LogP contribution is -2.48. The largest absolute Gasteiger partial charge is 0.299 e. The number of likely N-dealkylation sites (tertiary alicyclic amines) is 2. The zero-order valence-corrected chi connectivity index (χ0v) is 10.3. The average molecular weight is 196 g/mol. The Morgan fingerprint density at radius 1 is 1.14 bits per heavy atom. The Bertz CT molecular complexity index is 238. The van der Waals surface area contributed by atoms with Gasteiger partial charge in [0.1, 0.15) is 0 Å². The predicted octanol–water partition coefficient (Wildman–Crippen LogP) is 1.81. The van der Waals surface area contributed by atoms with Gasteiger partial charge in [-0.3, -0.25) is 9.80 Å². The fraction of sp³-hybridized carbons (Fsp3) is 1.00. The quantitative estimate of drug-likeness (QED) is 0.631. The van der Waals surface area contributed by atoms with Crippen LogP contribution in [0.3, 0.4) is 0 Å². The van der Waals surface area contributed by atoms with Gasteiger partial charge in [-0.1, -0.05) is 6.92 Å². The van der Waals surface area contributed by atoms with Crippen LogP contribution in [0.4, 0.5) is 0 Å². The Hall–Kier alpha value is -0.0800. The van der Waals surface area contributed by atoms with Crippen LogP contribution in [-0.4, -0.2) is 48.1 Å². The number of hydrogen-bond acceptors (Lipinski definition) is 2. The SMILES string of the molecule is CC(C)N1CC2(C)CCN(C)C2(C)C1. The molecule has 2 aliphatic heterocycles. The molecule has 0 aromatic carbocycles. The van der Waals surface area contributed by atoms with E-state index in [9.17, 15) is 0 Å². The van der Waals surface area contributed by atoms with Crippen molar-refractivity contribution in [2.75, 3.05) is 26.7 Å². The summed E-state index contributed by atoms with van der Waals surface area (Å²) in [5.74, 6) is 0. The fourth-order valence-corrected chi connectivity index (χ4v) is 3.22. The Morgan fingerprint density at radius 3 is 2.29 bits per heavy atom. The molecule has 0 radical (unpaired) electrons. The molecule has 2 unspecified atom stereocenters. The molecule has 2 nitrogen and oxygen atoms in total. The Balaban J connectivity index is 2.24. The Labute approximate surface area is 88.3 Å². The van der Waals surface area contributed by atoms with Crippen molar-refractivity contribution in [3.63, 3.8) is 0 Å². The number of likely N-dealkylation sites (N-methyl/N-ethyl adjacent to an activating group) is 1. The minimum atomic E-state index is 0.414. The summed E-state index contributed by atoms with van der Waals surface area (Å²) in [6.07, 6.45) is 1.36. The van der Waals surface area contributed by atoms with Crippen LogP contribution in [0.25, 0.3) is 0 Å². The van der Waals surface area contributed by atoms with Crippen LogP contribution < -0.4 is 0 Å². The van der Waals surface area contributed by atoms with Crippen molar-refractivity contribution >= 4 is 0 Å². The molecule has 82 valence electrons. The minimum absolute atomic E-state index is 0.414. The van der Waals surface area contributed by atoms with Gasteiger partial charge in [0, 0.05) is 30.1 Å². The molecule has 2 aliphatic rings. The second-order valence-corrected chi connectivity index (χ2v) is 6.00. The van der Waals surface area contributed by atoms with Gasteiger partial charge in [0.15, 0.2) is 0 Å². The third-order valence-electron chi connectivity index (χ3n) is 4.94. The van der Waals surface area contributed by atoms with Gasteiger partial charge >= 0.3 is 0 Å². The first-order valence-corrected chi connectivity index (χ1v) is 5.84. The maximum absolute atomic E-state index is 2.63. The molecule has 14 heavy (non-hydrogen) atoms. The molecule has 2 rings (SSSR count). The van der Waals surface area contributed by atoms with Crippen molar-refractivity contribution in [1.82, 2.24) is 9.80 Å². The predicted molar refractivity (Wildman–Crippen MR) is 60.5 cm³/mol. The van der Waals surface area contributed by atoms with Gasteiger partial charge in [-0.2, -0.15) is 0 Å². The Kier molecular flexibility index (Phi) is 2.20. The van der Waals surface area contributed by atoms with E-state index in [0.29, 0.717) is 17.0 Å². The van der Waals surface area contributed by atoms with Gasteiger partial charge < -0.3 is 0 Å². The van der Waals surface area contributed by atoms with Crippen molar-refractivity contribution in [3.8, 4) is 0 Å². The third kappa shape index (κ3) is 1.17. The van der Waals surface area contributed by atoms with Gasteiger partial charge in [-0.15, -0.1) is 0 Å². The minimum Gasteiger partial charge on any atom is -0.299 e. The van der Waals surface area contributed by atoms with Gasteiger partial charge in [-0.05, 0) is 40.8 Å². The molecule has 2 heterocycles. The lowest BCUT2D eigenvalue weighted by Gasteiger charge is -2.37. The molecule has 0 amide bonds. The highest BCUT2D eigenvalue weighted by molar-refractivity contribution is 5.13. The summed E-state index contributed by atoms with van der Waals surface area (Å²) < 4.78 is 0. The molecule has 0 aromatic heterocycles. The molecular formula is C12H24N2. The molecule has 0 aromatic rings. The van der Waals surface area contributed by atoms with Crippen LogP contribution in [0.15, 0.2) is 0 Å². The molecular weight excluding hydrogens is 172 g/mol. The first kappa shape index (κ1) is 10.4. The standard InChI is InChI=1S/C12H24N2/c1-10(2)14-8-11(3)6-7-13(5)12(11,4)9-14/h10H,6-9H2,1-5H3. The van der Waals surface area contributed by atoms with Crippen molar-refractivity contribution < 1.29 is 0 Å².